The average Bonchev–Trinajstić information content (AvgIpc) is 2.87. The van der Waals surface area contributed by atoms with Crippen LogP contribution in [0.3, 0.4) is 0 Å². The fourth-order valence-corrected chi connectivity index (χ4v) is 2.56. The molecule has 2 heterocycles. The lowest BCUT2D eigenvalue weighted by molar-refractivity contribution is -0.132. The van der Waals surface area contributed by atoms with Gasteiger partial charge in [-0.1, -0.05) is 0 Å². The number of amides is 1. The number of hydrogen-bond donors (Lipinski definition) is 2. The molecule has 0 aromatic carbocycles. The number of likely N-dealkylation sites (tertiary alicyclic amines) is 1. The fraction of sp³-hybridized carbons (Fsp3) is 0.909. The van der Waals surface area contributed by atoms with Gasteiger partial charge in [0.1, 0.15) is 0 Å². The monoisotopic (exact) mass is 212 g/mol. The maximum atomic E-state index is 12.0. The van der Waals surface area contributed by atoms with Gasteiger partial charge in [0.2, 0.25) is 5.91 Å². The maximum absolute atomic E-state index is 12.0. The first-order chi connectivity index (χ1) is 7.31. The summed E-state index contributed by atoms with van der Waals surface area (Å²) >= 11 is 0. The second kappa shape index (κ2) is 4.94. The third-order valence-electron chi connectivity index (χ3n) is 3.48. The van der Waals surface area contributed by atoms with E-state index in [4.69, 9.17) is 5.11 Å². The lowest BCUT2D eigenvalue weighted by Gasteiger charge is -2.19. The summed E-state index contributed by atoms with van der Waals surface area (Å²) in [5.74, 6) is 0.750. The van der Waals surface area contributed by atoms with E-state index >= 15 is 0 Å². The number of hydrogen-bond acceptors (Lipinski definition) is 3. The molecule has 2 atom stereocenters. The van der Waals surface area contributed by atoms with E-state index in [0.717, 1.165) is 45.3 Å². The van der Waals surface area contributed by atoms with Gasteiger partial charge in [0, 0.05) is 19.7 Å². The van der Waals surface area contributed by atoms with Crippen LogP contribution in [0.4, 0.5) is 0 Å². The van der Waals surface area contributed by atoms with Gasteiger partial charge in [-0.2, -0.15) is 0 Å². The number of carbonyl (C=O) groups excluding carboxylic acids is 1. The van der Waals surface area contributed by atoms with Crippen LogP contribution in [-0.2, 0) is 4.79 Å². The number of rotatable bonds is 3. The predicted octanol–water partition coefficient (Wildman–Crippen LogP) is -0.0307. The molecule has 2 aliphatic rings. The van der Waals surface area contributed by atoms with E-state index in [-0.39, 0.29) is 18.6 Å². The van der Waals surface area contributed by atoms with Crippen LogP contribution in [0.25, 0.3) is 0 Å². The Balaban J connectivity index is 1.81. The summed E-state index contributed by atoms with van der Waals surface area (Å²) in [4.78, 5) is 14.0. The molecule has 2 saturated heterocycles. The van der Waals surface area contributed by atoms with Gasteiger partial charge in [0.05, 0.1) is 6.04 Å². The molecule has 2 fully saturated rings. The normalized spacial score (nSPS) is 31.1. The van der Waals surface area contributed by atoms with Crippen molar-refractivity contribution >= 4 is 5.91 Å². The summed E-state index contributed by atoms with van der Waals surface area (Å²) in [6, 6.07) is 0.0136. The van der Waals surface area contributed by atoms with Gasteiger partial charge < -0.3 is 15.3 Å². The Hall–Kier alpha value is -0.610. The maximum Gasteiger partial charge on any atom is 0.239 e. The number of nitrogens with zero attached hydrogens (tertiary/aromatic N) is 1. The summed E-state index contributed by atoms with van der Waals surface area (Å²) in [6.45, 7) is 2.98. The second-order valence-corrected chi connectivity index (χ2v) is 4.61. The van der Waals surface area contributed by atoms with Gasteiger partial charge in [0.25, 0.3) is 0 Å². The van der Waals surface area contributed by atoms with Crippen molar-refractivity contribution in [2.45, 2.75) is 31.7 Å². The summed E-state index contributed by atoms with van der Waals surface area (Å²) in [7, 11) is 0. The van der Waals surface area contributed by atoms with Gasteiger partial charge >= 0.3 is 0 Å². The van der Waals surface area contributed by atoms with Crippen molar-refractivity contribution in [3.05, 3.63) is 0 Å². The first-order valence-corrected chi connectivity index (χ1v) is 5.94. The molecule has 0 radical (unpaired) electrons. The second-order valence-electron chi connectivity index (χ2n) is 4.61. The lowest BCUT2D eigenvalue weighted by Crippen LogP contribution is -2.42. The smallest absolute Gasteiger partial charge is 0.239 e. The van der Waals surface area contributed by atoms with Crippen LogP contribution in [-0.4, -0.2) is 48.2 Å². The van der Waals surface area contributed by atoms with E-state index in [2.05, 4.69) is 5.32 Å². The first kappa shape index (κ1) is 10.9. The zero-order chi connectivity index (χ0) is 10.7. The van der Waals surface area contributed by atoms with Crippen molar-refractivity contribution < 1.29 is 9.90 Å². The zero-order valence-corrected chi connectivity index (χ0v) is 9.11. The molecule has 2 aliphatic heterocycles. The van der Waals surface area contributed by atoms with Crippen LogP contribution < -0.4 is 5.32 Å². The van der Waals surface area contributed by atoms with Gasteiger partial charge in [0.15, 0.2) is 0 Å². The van der Waals surface area contributed by atoms with Crippen molar-refractivity contribution in [3.63, 3.8) is 0 Å². The predicted molar refractivity (Wildman–Crippen MR) is 57.4 cm³/mol. The van der Waals surface area contributed by atoms with Crippen molar-refractivity contribution in [3.8, 4) is 0 Å². The highest BCUT2D eigenvalue weighted by Gasteiger charge is 2.32. The third-order valence-corrected chi connectivity index (χ3v) is 3.48. The Kier molecular flexibility index (Phi) is 3.59. The fourth-order valence-electron chi connectivity index (χ4n) is 2.56. The van der Waals surface area contributed by atoms with Gasteiger partial charge in [-0.25, -0.2) is 0 Å². The lowest BCUT2D eigenvalue weighted by atomic mass is 10.0. The van der Waals surface area contributed by atoms with E-state index in [1.54, 1.807) is 0 Å². The minimum absolute atomic E-state index is 0.0136. The van der Waals surface area contributed by atoms with Gasteiger partial charge in [-0.05, 0) is 38.1 Å². The minimum Gasteiger partial charge on any atom is -0.396 e. The molecule has 0 spiro atoms. The number of carbonyl (C=O) groups is 1. The average molecular weight is 212 g/mol. The van der Waals surface area contributed by atoms with Gasteiger partial charge in [-0.3, -0.25) is 4.79 Å². The number of aliphatic hydroxyl groups is 1. The molecule has 2 N–H and O–H groups in total. The highest BCUT2D eigenvalue weighted by atomic mass is 16.3. The summed E-state index contributed by atoms with van der Waals surface area (Å²) in [6.07, 6.45) is 4.02. The molecule has 4 heteroatoms. The van der Waals surface area contributed by atoms with Crippen molar-refractivity contribution in [1.29, 1.82) is 0 Å². The Labute approximate surface area is 90.6 Å². The molecule has 0 aromatic heterocycles. The largest absolute Gasteiger partial charge is 0.396 e. The highest BCUT2D eigenvalue weighted by Crippen LogP contribution is 2.20. The Bertz CT molecular complexity index is 227. The standard InChI is InChI=1S/C11H20N2O2/c14-6-3-9-7-10(12-8-9)11(15)13-4-1-2-5-13/h9-10,12,14H,1-8H2/t9-,10-/m0/s1. The number of aliphatic hydroxyl groups excluding tert-OH is 1. The minimum atomic E-state index is 0.0136. The topological polar surface area (TPSA) is 52.6 Å². The van der Waals surface area contributed by atoms with E-state index in [0.29, 0.717) is 5.92 Å². The van der Waals surface area contributed by atoms with Gasteiger partial charge in [-0.15, -0.1) is 0 Å². The molecule has 0 saturated carbocycles. The van der Waals surface area contributed by atoms with E-state index < -0.39 is 0 Å². The molecular weight excluding hydrogens is 192 g/mol. The van der Waals surface area contributed by atoms with Crippen molar-refractivity contribution in [2.75, 3.05) is 26.2 Å². The van der Waals surface area contributed by atoms with Crippen LogP contribution in [0.2, 0.25) is 0 Å². The molecule has 15 heavy (non-hydrogen) atoms. The summed E-state index contributed by atoms with van der Waals surface area (Å²) < 4.78 is 0. The van der Waals surface area contributed by atoms with Crippen LogP contribution in [0.1, 0.15) is 25.7 Å². The van der Waals surface area contributed by atoms with Crippen LogP contribution in [0, 0.1) is 5.92 Å². The molecule has 0 unspecified atom stereocenters. The Morgan fingerprint density at radius 3 is 2.80 bits per heavy atom. The van der Waals surface area contributed by atoms with E-state index in [1.807, 2.05) is 4.90 Å². The van der Waals surface area contributed by atoms with Crippen molar-refractivity contribution in [1.82, 2.24) is 10.2 Å². The van der Waals surface area contributed by atoms with E-state index in [1.165, 1.54) is 0 Å². The molecule has 0 bridgehead atoms. The molecule has 2 rings (SSSR count). The molecule has 4 nitrogen and oxygen atoms in total. The number of nitrogens with one attached hydrogen (secondary N) is 1. The first-order valence-electron chi connectivity index (χ1n) is 5.94. The van der Waals surface area contributed by atoms with Crippen LogP contribution in [0.5, 0.6) is 0 Å². The Morgan fingerprint density at radius 2 is 2.13 bits per heavy atom. The van der Waals surface area contributed by atoms with Crippen molar-refractivity contribution in [2.24, 2.45) is 5.92 Å². The molecular formula is C11H20N2O2. The SMILES string of the molecule is O=C([C@@H]1C[C@H](CCO)CN1)N1CCCC1. The van der Waals surface area contributed by atoms with Crippen LogP contribution >= 0.6 is 0 Å². The Morgan fingerprint density at radius 1 is 1.40 bits per heavy atom. The molecule has 86 valence electrons. The highest BCUT2D eigenvalue weighted by molar-refractivity contribution is 5.82. The van der Waals surface area contributed by atoms with E-state index in [9.17, 15) is 4.79 Å². The quantitative estimate of drug-likeness (QED) is 0.690. The summed E-state index contributed by atoms with van der Waals surface area (Å²) in [5, 5.41) is 12.1. The molecule has 0 aliphatic carbocycles. The molecule has 0 aromatic rings. The third kappa shape index (κ3) is 2.49. The molecule has 1 amide bonds. The summed E-state index contributed by atoms with van der Waals surface area (Å²) in [5.41, 5.74) is 0. The van der Waals surface area contributed by atoms with Crippen LogP contribution in [0.15, 0.2) is 0 Å². The zero-order valence-electron chi connectivity index (χ0n) is 9.11.